The molecule has 7 heteroatoms. The molecule has 0 spiro atoms. The Kier molecular flexibility index (Phi) is 6.92. The smallest absolute Gasteiger partial charge is 0.191 e. The summed E-state index contributed by atoms with van der Waals surface area (Å²) in [6, 6.07) is 8.37. The molecule has 0 saturated heterocycles. The number of benzene rings is 1. The van der Waals surface area contributed by atoms with E-state index in [0.717, 1.165) is 10.4 Å². The zero-order chi connectivity index (χ0) is 18.3. The summed E-state index contributed by atoms with van der Waals surface area (Å²) < 4.78 is 13.4. The van der Waals surface area contributed by atoms with Crippen LogP contribution in [0.5, 0.6) is 0 Å². The van der Waals surface area contributed by atoms with Gasteiger partial charge in [-0.2, -0.15) is 0 Å². The van der Waals surface area contributed by atoms with Crippen LogP contribution in [0, 0.1) is 5.82 Å². The van der Waals surface area contributed by atoms with E-state index in [1.54, 1.807) is 19.1 Å². The number of aliphatic imine (C=N–C) groups is 1. The number of hydrogen-bond acceptors (Lipinski definition) is 4. The Bertz CT molecular complexity index is 702. The second kappa shape index (κ2) is 8.94. The Morgan fingerprint density at radius 2 is 2.12 bits per heavy atom. The fourth-order valence-electron chi connectivity index (χ4n) is 2.29. The predicted octanol–water partition coefficient (Wildman–Crippen LogP) is 2.34. The minimum absolute atomic E-state index is 0.256. The van der Waals surface area contributed by atoms with Gasteiger partial charge in [-0.15, -0.1) is 11.3 Å². The number of thiophene rings is 1. The van der Waals surface area contributed by atoms with Crippen molar-refractivity contribution in [1.82, 2.24) is 10.6 Å². The first-order chi connectivity index (χ1) is 12.0. The van der Waals surface area contributed by atoms with Crippen molar-refractivity contribution in [3.05, 3.63) is 57.5 Å². The van der Waals surface area contributed by atoms with Crippen LogP contribution >= 0.6 is 11.3 Å². The minimum Gasteiger partial charge on any atom is -0.392 e. The van der Waals surface area contributed by atoms with Crippen molar-refractivity contribution in [2.75, 3.05) is 13.1 Å². The molecule has 0 radical (unpaired) electrons. The van der Waals surface area contributed by atoms with Crippen LogP contribution in [0.15, 0.2) is 40.7 Å². The fraction of sp³-hybridized carbons (Fsp3) is 0.389. The zero-order valence-electron chi connectivity index (χ0n) is 14.4. The summed E-state index contributed by atoms with van der Waals surface area (Å²) in [5.41, 5.74) is 0.0588. The van der Waals surface area contributed by atoms with Gasteiger partial charge in [-0.05, 0) is 43.0 Å². The fourth-order valence-corrected chi connectivity index (χ4v) is 3.07. The summed E-state index contributed by atoms with van der Waals surface area (Å²) in [7, 11) is 0. The van der Waals surface area contributed by atoms with E-state index >= 15 is 0 Å². The molecule has 1 aromatic heterocycles. The van der Waals surface area contributed by atoms with E-state index < -0.39 is 11.4 Å². The van der Waals surface area contributed by atoms with Crippen LogP contribution in [-0.4, -0.2) is 29.3 Å². The maximum Gasteiger partial charge on any atom is 0.191 e. The molecule has 5 nitrogen and oxygen atoms in total. The van der Waals surface area contributed by atoms with E-state index in [4.69, 9.17) is 5.11 Å². The second-order valence-electron chi connectivity index (χ2n) is 5.88. The molecule has 0 amide bonds. The molecule has 136 valence electrons. The van der Waals surface area contributed by atoms with Gasteiger partial charge >= 0.3 is 0 Å². The molecule has 2 rings (SSSR count). The number of nitrogens with one attached hydrogen (secondary N) is 2. The summed E-state index contributed by atoms with van der Waals surface area (Å²) in [5.74, 6) is 0.140. The lowest BCUT2D eigenvalue weighted by atomic mass is 10.1. The Morgan fingerprint density at radius 3 is 2.76 bits per heavy atom. The first-order valence-electron chi connectivity index (χ1n) is 8.13. The van der Waals surface area contributed by atoms with Crippen LogP contribution in [0.25, 0.3) is 0 Å². The lowest BCUT2D eigenvalue weighted by molar-refractivity contribution is 0.0655. The van der Waals surface area contributed by atoms with Crippen LogP contribution in [0.3, 0.4) is 0 Å². The lowest BCUT2D eigenvalue weighted by Gasteiger charge is -2.23. The summed E-state index contributed by atoms with van der Waals surface area (Å²) in [5, 5.41) is 27.9. The third kappa shape index (κ3) is 5.52. The standard InChI is InChI=1S/C18H24FN3O2S/c1-3-20-17(22-12-18(2,24)16-5-4-8-25-16)21-10-13-6-7-15(19)14(9-13)11-23/h4-9,23-24H,3,10-12H2,1-2H3,(H2,20,21,22). The Labute approximate surface area is 151 Å². The molecule has 25 heavy (non-hydrogen) atoms. The third-order valence-electron chi connectivity index (χ3n) is 3.70. The SMILES string of the molecule is CCNC(=NCc1ccc(F)c(CO)c1)NCC(C)(O)c1cccs1. The number of nitrogens with zero attached hydrogens (tertiary/aromatic N) is 1. The molecule has 0 aliphatic heterocycles. The van der Waals surface area contributed by atoms with Crippen LogP contribution in [-0.2, 0) is 18.8 Å². The van der Waals surface area contributed by atoms with E-state index in [1.807, 2.05) is 24.4 Å². The maximum absolute atomic E-state index is 13.4. The van der Waals surface area contributed by atoms with Crippen LogP contribution < -0.4 is 10.6 Å². The van der Waals surface area contributed by atoms with E-state index in [2.05, 4.69) is 15.6 Å². The number of halogens is 1. The highest BCUT2D eigenvalue weighted by atomic mass is 32.1. The Morgan fingerprint density at radius 1 is 1.32 bits per heavy atom. The zero-order valence-corrected chi connectivity index (χ0v) is 15.2. The van der Waals surface area contributed by atoms with Crippen molar-refractivity contribution >= 4 is 17.3 Å². The topological polar surface area (TPSA) is 76.9 Å². The highest BCUT2D eigenvalue weighted by molar-refractivity contribution is 7.10. The second-order valence-corrected chi connectivity index (χ2v) is 6.83. The van der Waals surface area contributed by atoms with Gasteiger partial charge in [0.1, 0.15) is 11.4 Å². The van der Waals surface area contributed by atoms with Gasteiger partial charge in [-0.1, -0.05) is 12.1 Å². The minimum atomic E-state index is -0.996. The van der Waals surface area contributed by atoms with Gasteiger partial charge in [0.05, 0.1) is 19.7 Å². The van der Waals surface area contributed by atoms with E-state index in [0.29, 0.717) is 25.6 Å². The summed E-state index contributed by atoms with van der Waals surface area (Å²) >= 11 is 1.50. The van der Waals surface area contributed by atoms with Gasteiger partial charge in [0, 0.05) is 17.0 Å². The highest BCUT2D eigenvalue weighted by Crippen LogP contribution is 2.24. The van der Waals surface area contributed by atoms with Gasteiger partial charge in [0.25, 0.3) is 0 Å². The molecule has 1 unspecified atom stereocenters. The molecule has 1 atom stereocenters. The molecule has 2 aromatic rings. The van der Waals surface area contributed by atoms with Gasteiger partial charge in [0.15, 0.2) is 5.96 Å². The molecule has 0 bridgehead atoms. The lowest BCUT2D eigenvalue weighted by Crippen LogP contribution is -2.44. The molecule has 4 N–H and O–H groups in total. The van der Waals surface area contributed by atoms with E-state index in [1.165, 1.54) is 17.4 Å². The first-order valence-corrected chi connectivity index (χ1v) is 9.01. The quantitative estimate of drug-likeness (QED) is 0.449. The van der Waals surface area contributed by atoms with Crippen molar-refractivity contribution in [1.29, 1.82) is 0 Å². The van der Waals surface area contributed by atoms with Gasteiger partial charge in [0.2, 0.25) is 0 Å². The average molecular weight is 365 g/mol. The molecular formula is C18H24FN3O2S. The Balaban J connectivity index is 2.03. The number of aliphatic hydroxyl groups is 2. The predicted molar refractivity (Wildman–Crippen MR) is 99.0 cm³/mol. The van der Waals surface area contributed by atoms with Crippen LogP contribution in [0.4, 0.5) is 4.39 Å². The largest absolute Gasteiger partial charge is 0.392 e. The highest BCUT2D eigenvalue weighted by Gasteiger charge is 2.24. The number of rotatable bonds is 7. The van der Waals surface area contributed by atoms with Gasteiger partial charge in [-0.25, -0.2) is 9.38 Å². The maximum atomic E-state index is 13.4. The molecule has 1 aromatic carbocycles. The van der Waals surface area contributed by atoms with Crippen LogP contribution in [0.1, 0.15) is 29.9 Å². The van der Waals surface area contributed by atoms with Gasteiger partial charge in [-0.3, -0.25) is 0 Å². The van der Waals surface area contributed by atoms with Crippen molar-refractivity contribution in [2.45, 2.75) is 32.6 Å². The molecule has 1 heterocycles. The average Bonchev–Trinajstić information content (AvgIpc) is 3.14. The molecule has 0 fully saturated rings. The van der Waals surface area contributed by atoms with Crippen molar-refractivity contribution in [3.63, 3.8) is 0 Å². The first kappa shape index (κ1) is 19.4. The van der Waals surface area contributed by atoms with Crippen molar-refractivity contribution < 1.29 is 14.6 Å². The van der Waals surface area contributed by atoms with E-state index in [-0.39, 0.29) is 12.2 Å². The van der Waals surface area contributed by atoms with E-state index in [9.17, 15) is 9.50 Å². The molecule has 0 aliphatic rings. The molecule has 0 saturated carbocycles. The van der Waals surface area contributed by atoms with Crippen molar-refractivity contribution in [2.24, 2.45) is 4.99 Å². The van der Waals surface area contributed by atoms with Crippen molar-refractivity contribution in [3.8, 4) is 0 Å². The molecule has 0 aliphatic carbocycles. The summed E-state index contributed by atoms with van der Waals surface area (Å²) in [6.45, 7) is 4.69. The molecular weight excluding hydrogens is 341 g/mol. The normalized spacial score (nSPS) is 14.2. The van der Waals surface area contributed by atoms with Crippen LogP contribution in [0.2, 0.25) is 0 Å². The summed E-state index contributed by atoms with van der Waals surface area (Å²) in [4.78, 5) is 5.33. The number of hydrogen-bond donors (Lipinski definition) is 4. The Hall–Kier alpha value is -1.96. The third-order valence-corrected chi connectivity index (χ3v) is 4.82. The monoisotopic (exact) mass is 365 g/mol. The number of guanidine groups is 1. The number of aliphatic hydroxyl groups excluding tert-OH is 1. The summed E-state index contributed by atoms with van der Waals surface area (Å²) in [6.07, 6.45) is 0. The van der Waals surface area contributed by atoms with Gasteiger partial charge < -0.3 is 20.8 Å².